The average molecular weight is 385 g/mol. The van der Waals surface area contributed by atoms with Gasteiger partial charge in [-0.3, -0.25) is 9.69 Å². The second-order valence-corrected chi connectivity index (χ2v) is 6.79. The van der Waals surface area contributed by atoms with Crippen molar-refractivity contribution < 1.29 is 18.8 Å². The van der Waals surface area contributed by atoms with Gasteiger partial charge in [0.2, 0.25) is 0 Å². The van der Waals surface area contributed by atoms with Crippen LogP contribution in [-0.2, 0) is 11.3 Å². The standard InChI is InChI=1S/C21H27N3O4/c1-4-5-17-6-7-19(20(13-17)26-3)27-15-21(25)24-10-8-23(9-11-24)14-18-12-16(2)22-28-18/h4-7,12-13H,8-11,14-15H2,1-3H3/b5-4+. The molecule has 28 heavy (non-hydrogen) atoms. The van der Waals surface area contributed by atoms with Crippen molar-refractivity contribution in [3.8, 4) is 11.5 Å². The molecule has 1 amide bonds. The highest BCUT2D eigenvalue weighted by Gasteiger charge is 2.22. The zero-order valence-corrected chi connectivity index (χ0v) is 16.7. The number of benzene rings is 1. The normalized spacial score (nSPS) is 15.2. The Morgan fingerprint density at radius 3 is 2.64 bits per heavy atom. The third kappa shape index (κ3) is 5.13. The molecule has 1 aromatic heterocycles. The van der Waals surface area contributed by atoms with E-state index in [1.165, 1.54) is 0 Å². The molecule has 0 spiro atoms. The molecule has 0 radical (unpaired) electrons. The van der Waals surface area contributed by atoms with E-state index in [-0.39, 0.29) is 12.5 Å². The number of aryl methyl sites for hydroxylation is 1. The quantitative estimate of drug-likeness (QED) is 0.730. The van der Waals surface area contributed by atoms with Crippen LogP contribution in [-0.4, -0.2) is 60.8 Å². The van der Waals surface area contributed by atoms with Crippen molar-refractivity contribution in [1.82, 2.24) is 15.0 Å². The number of methoxy groups -OCH3 is 1. The number of aromatic nitrogens is 1. The molecule has 0 atom stereocenters. The number of ether oxygens (including phenoxy) is 2. The van der Waals surface area contributed by atoms with E-state index < -0.39 is 0 Å². The Morgan fingerprint density at radius 2 is 2.00 bits per heavy atom. The molecule has 0 unspecified atom stereocenters. The summed E-state index contributed by atoms with van der Waals surface area (Å²) in [4.78, 5) is 16.6. The molecule has 0 N–H and O–H groups in total. The second-order valence-electron chi connectivity index (χ2n) is 6.79. The lowest BCUT2D eigenvalue weighted by molar-refractivity contribution is -0.135. The number of nitrogens with zero attached hydrogens (tertiary/aromatic N) is 3. The first-order valence-corrected chi connectivity index (χ1v) is 9.45. The van der Waals surface area contributed by atoms with E-state index in [0.717, 1.165) is 36.7 Å². The topological polar surface area (TPSA) is 68.0 Å². The van der Waals surface area contributed by atoms with Crippen molar-refractivity contribution in [2.24, 2.45) is 0 Å². The Morgan fingerprint density at radius 1 is 1.21 bits per heavy atom. The van der Waals surface area contributed by atoms with Crippen LogP contribution in [0.5, 0.6) is 11.5 Å². The molecule has 7 heteroatoms. The van der Waals surface area contributed by atoms with Crippen LogP contribution in [0.4, 0.5) is 0 Å². The van der Waals surface area contributed by atoms with Gasteiger partial charge >= 0.3 is 0 Å². The summed E-state index contributed by atoms with van der Waals surface area (Å²) < 4.78 is 16.4. The minimum Gasteiger partial charge on any atom is -0.493 e. The minimum atomic E-state index is -0.0188. The molecule has 1 fully saturated rings. The highest BCUT2D eigenvalue weighted by atomic mass is 16.5. The summed E-state index contributed by atoms with van der Waals surface area (Å²) >= 11 is 0. The molecule has 1 saturated heterocycles. The van der Waals surface area contributed by atoms with Crippen LogP contribution in [0.25, 0.3) is 6.08 Å². The van der Waals surface area contributed by atoms with Crippen LogP contribution in [0, 0.1) is 6.92 Å². The van der Waals surface area contributed by atoms with Crippen LogP contribution >= 0.6 is 0 Å². The fourth-order valence-electron chi connectivity index (χ4n) is 3.20. The molecule has 3 rings (SSSR count). The van der Waals surface area contributed by atoms with E-state index in [1.54, 1.807) is 7.11 Å². The van der Waals surface area contributed by atoms with Gasteiger partial charge in [0.05, 0.1) is 19.3 Å². The highest BCUT2D eigenvalue weighted by molar-refractivity contribution is 5.78. The summed E-state index contributed by atoms with van der Waals surface area (Å²) in [7, 11) is 1.60. The number of rotatable bonds is 7. The third-order valence-electron chi connectivity index (χ3n) is 4.68. The summed E-state index contributed by atoms with van der Waals surface area (Å²) in [6.45, 7) is 7.53. The van der Waals surface area contributed by atoms with Crippen molar-refractivity contribution in [2.45, 2.75) is 20.4 Å². The van der Waals surface area contributed by atoms with Gasteiger partial charge in [-0.2, -0.15) is 0 Å². The van der Waals surface area contributed by atoms with Gasteiger partial charge in [0.25, 0.3) is 5.91 Å². The molecule has 0 bridgehead atoms. The van der Waals surface area contributed by atoms with Crippen LogP contribution in [0.2, 0.25) is 0 Å². The number of allylic oxidation sites excluding steroid dienone is 1. The first-order valence-electron chi connectivity index (χ1n) is 9.45. The van der Waals surface area contributed by atoms with Crippen molar-refractivity contribution >= 4 is 12.0 Å². The maximum Gasteiger partial charge on any atom is 0.260 e. The van der Waals surface area contributed by atoms with E-state index in [1.807, 2.05) is 55.2 Å². The Balaban J connectivity index is 1.48. The fourth-order valence-corrected chi connectivity index (χ4v) is 3.20. The first-order chi connectivity index (χ1) is 13.6. The van der Waals surface area contributed by atoms with E-state index in [4.69, 9.17) is 14.0 Å². The van der Waals surface area contributed by atoms with E-state index in [0.29, 0.717) is 24.6 Å². The predicted molar refractivity (Wildman–Crippen MR) is 106 cm³/mol. The van der Waals surface area contributed by atoms with Gasteiger partial charge in [0.15, 0.2) is 23.9 Å². The van der Waals surface area contributed by atoms with Gasteiger partial charge in [0, 0.05) is 32.2 Å². The second kappa shape index (κ2) is 9.41. The van der Waals surface area contributed by atoms with Crippen molar-refractivity contribution in [2.75, 3.05) is 39.9 Å². The first kappa shape index (κ1) is 19.9. The van der Waals surface area contributed by atoms with E-state index in [2.05, 4.69) is 10.1 Å². The summed E-state index contributed by atoms with van der Waals surface area (Å²) in [5.74, 6) is 2.03. The van der Waals surface area contributed by atoms with E-state index >= 15 is 0 Å². The van der Waals surface area contributed by atoms with Gasteiger partial charge in [-0.1, -0.05) is 23.4 Å². The number of piperazine rings is 1. The molecule has 2 aromatic rings. The Bertz CT molecular complexity index is 823. The highest BCUT2D eigenvalue weighted by Crippen LogP contribution is 2.28. The fraction of sp³-hybridized carbons (Fsp3) is 0.429. The van der Waals surface area contributed by atoms with Gasteiger partial charge in [-0.05, 0) is 31.5 Å². The maximum atomic E-state index is 12.5. The number of carbonyl (C=O) groups is 1. The lowest BCUT2D eigenvalue weighted by Gasteiger charge is -2.34. The van der Waals surface area contributed by atoms with Crippen LogP contribution in [0.15, 0.2) is 34.9 Å². The third-order valence-corrected chi connectivity index (χ3v) is 4.68. The summed E-state index contributed by atoms with van der Waals surface area (Å²) in [6.07, 6.45) is 3.94. The Kier molecular flexibility index (Phi) is 6.71. The largest absolute Gasteiger partial charge is 0.493 e. The molecular weight excluding hydrogens is 358 g/mol. The smallest absolute Gasteiger partial charge is 0.260 e. The van der Waals surface area contributed by atoms with Crippen molar-refractivity contribution in [3.63, 3.8) is 0 Å². The maximum absolute atomic E-state index is 12.5. The molecule has 1 aliphatic rings. The number of carbonyl (C=O) groups excluding carboxylic acids is 1. The zero-order valence-electron chi connectivity index (χ0n) is 16.7. The Labute approximate surface area is 165 Å². The minimum absolute atomic E-state index is 0.000617. The summed E-state index contributed by atoms with van der Waals surface area (Å²) in [5, 5.41) is 3.91. The van der Waals surface area contributed by atoms with Crippen LogP contribution in [0.1, 0.15) is 23.9 Å². The van der Waals surface area contributed by atoms with Crippen molar-refractivity contribution in [1.29, 1.82) is 0 Å². The SMILES string of the molecule is C/C=C/c1ccc(OCC(=O)N2CCN(Cc3cc(C)no3)CC2)c(OC)c1. The molecule has 150 valence electrons. The lowest BCUT2D eigenvalue weighted by Crippen LogP contribution is -2.49. The number of hydrogen-bond acceptors (Lipinski definition) is 6. The number of hydrogen-bond donors (Lipinski definition) is 0. The number of amides is 1. The molecule has 2 heterocycles. The Hall–Kier alpha value is -2.80. The van der Waals surface area contributed by atoms with Gasteiger partial charge in [0.1, 0.15) is 0 Å². The van der Waals surface area contributed by atoms with Gasteiger partial charge in [-0.25, -0.2) is 0 Å². The molecule has 1 aromatic carbocycles. The van der Waals surface area contributed by atoms with Crippen LogP contribution in [0.3, 0.4) is 0 Å². The van der Waals surface area contributed by atoms with Gasteiger partial charge < -0.3 is 18.9 Å². The summed E-state index contributed by atoms with van der Waals surface area (Å²) in [5.41, 5.74) is 1.91. The van der Waals surface area contributed by atoms with E-state index in [9.17, 15) is 4.79 Å². The van der Waals surface area contributed by atoms with Crippen molar-refractivity contribution in [3.05, 3.63) is 47.4 Å². The molecular formula is C21H27N3O4. The molecule has 1 aliphatic heterocycles. The predicted octanol–water partition coefficient (Wildman–Crippen LogP) is 2.75. The molecule has 0 aliphatic carbocycles. The summed E-state index contributed by atoms with van der Waals surface area (Å²) in [6, 6.07) is 7.61. The van der Waals surface area contributed by atoms with Crippen LogP contribution < -0.4 is 9.47 Å². The zero-order chi connectivity index (χ0) is 19.9. The lowest BCUT2D eigenvalue weighted by atomic mass is 10.2. The van der Waals surface area contributed by atoms with Gasteiger partial charge in [-0.15, -0.1) is 0 Å². The molecule has 0 saturated carbocycles. The monoisotopic (exact) mass is 385 g/mol. The molecule has 7 nitrogen and oxygen atoms in total. The average Bonchev–Trinajstić information content (AvgIpc) is 3.12.